The molecule has 1 aromatic carbocycles. The Morgan fingerprint density at radius 3 is 2.90 bits per heavy atom. The van der Waals surface area contributed by atoms with Crippen LogP contribution in [-0.2, 0) is 11.2 Å². The molecule has 4 nitrogen and oxygen atoms in total. The largest absolute Gasteiger partial charge is 0.492 e. The number of hydrogen-bond acceptors (Lipinski definition) is 3. The van der Waals surface area contributed by atoms with Gasteiger partial charge in [-0.3, -0.25) is 4.79 Å². The highest BCUT2D eigenvalue weighted by Gasteiger charge is 2.22. The zero-order valence-electron chi connectivity index (χ0n) is 12.7. The molecular weight excluding hydrogens is 254 g/mol. The molecule has 1 amide bonds. The minimum Gasteiger partial charge on any atom is -0.492 e. The van der Waals surface area contributed by atoms with Crippen LogP contribution in [0.2, 0.25) is 0 Å². The van der Waals surface area contributed by atoms with E-state index in [0.29, 0.717) is 24.6 Å². The first-order valence-electron chi connectivity index (χ1n) is 7.25. The molecule has 1 aromatic rings. The van der Waals surface area contributed by atoms with Crippen molar-refractivity contribution < 1.29 is 14.3 Å². The van der Waals surface area contributed by atoms with Crippen LogP contribution in [0.15, 0.2) is 12.1 Å². The second kappa shape index (κ2) is 6.16. The topological polar surface area (TPSA) is 47.6 Å². The molecule has 4 heteroatoms. The highest BCUT2D eigenvalue weighted by atomic mass is 16.5. The molecule has 1 aliphatic rings. The molecule has 1 unspecified atom stereocenters. The third-order valence-electron chi connectivity index (χ3n) is 3.17. The van der Waals surface area contributed by atoms with Crippen LogP contribution in [0.25, 0.3) is 0 Å². The van der Waals surface area contributed by atoms with Gasteiger partial charge in [0, 0.05) is 24.5 Å². The number of nitrogens with one attached hydrogen (secondary N) is 1. The first-order valence-corrected chi connectivity index (χ1v) is 7.25. The lowest BCUT2D eigenvalue weighted by molar-refractivity contribution is -0.116. The Balaban J connectivity index is 2.22. The molecule has 1 heterocycles. The summed E-state index contributed by atoms with van der Waals surface area (Å²) in [6.45, 7) is 8.60. The molecule has 0 radical (unpaired) electrons. The van der Waals surface area contributed by atoms with Crippen molar-refractivity contribution in [2.75, 3.05) is 11.9 Å². The van der Waals surface area contributed by atoms with Crippen LogP contribution in [0.5, 0.6) is 11.5 Å². The van der Waals surface area contributed by atoms with Gasteiger partial charge in [0.15, 0.2) is 0 Å². The number of fused-ring (bicyclic) bond motifs is 1. The Bertz CT molecular complexity index is 497. The standard InChI is InChI=1S/C16H23NO3/c1-5-19-15-8-12-7-11(4)20-14(12)9-13(15)17-16(18)6-10(2)3/h8-11H,5-7H2,1-4H3,(H,17,18). The molecule has 0 saturated heterocycles. The number of carbonyl (C=O) groups excluding carboxylic acids is 1. The van der Waals surface area contributed by atoms with Gasteiger partial charge in [0.05, 0.1) is 12.3 Å². The normalized spacial score (nSPS) is 16.8. The summed E-state index contributed by atoms with van der Waals surface area (Å²) in [5, 5.41) is 2.93. The predicted octanol–water partition coefficient (Wildman–Crippen LogP) is 3.39. The Morgan fingerprint density at radius 1 is 1.50 bits per heavy atom. The smallest absolute Gasteiger partial charge is 0.224 e. The van der Waals surface area contributed by atoms with Crippen LogP contribution >= 0.6 is 0 Å². The van der Waals surface area contributed by atoms with Crippen LogP contribution in [-0.4, -0.2) is 18.6 Å². The third-order valence-corrected chi connectivity index (χ3v) is 3.17. The lowest BCUT2D eigenvalue weighted by atomic mass is 10.1. The van der Waals surface area contributed by atoms with Gasteiger partial charge in [0.25, 0.3) is 0 Å². The zero-order valence-corrected chi connectivity index (χ0v) is 12.7. The van der Waals surface area contributed by atoms with Crippen molar-refractivity contribution in [1.29, 1.82) is 0 Å². The molecule has 0 spiro atoms. The van der Waals surface area contributed by atoms with Crippen molar-refractivity contribution >= 4 is 11.6 Å². The van der Waals surface area contributed by atoms with E-state index in [1.807, 2.05) is 39.8 Å². The fourth-order valence-electron chi connectivity index (χ4n) is 2.38. The van der Waals surface area contributed by atoms with Crippen LogP contribution in [0.1, 0.15) is 39.7 Å². The summed E-state index contributed by atoms with van der Waals surface area (Å²) >= 11 is 0. The maximum Gasteiger partial charge on any atom is 0.224 e. The summed E-state index contributed by atoms with van der Waals surface area (Å²) in [6.07, 6.45) is 1.57. The third kappa shape index (κ3) is 3.44. The van der Waals surface area contributed by atoms with E-state index in [4.69, 9.17) is 9.47 Å². The Kier molecular flexibility index (Phi) is 4.53. The van der Waals surface area contributed by atoms with Crippen LogP contribution in [0.4, 0.5) is 5.69 Å². The average molecular weight is 277 g/mol. The van der Waals surface area contributed by atoms with Crippen molar-refractivity contribution in [1.82, 2.24) is 0 Å². The van der Waals surface area contributed by atoms with Gasteiger partial charge in [-0.05, 0) is 25.8 Å². The molecular formula is C16H23NO3. The Hall–Kier alpha value is -1.71. The minimum absolute atomic E-state index is 0.00643. The molecule has 2 rings (SSSR count). The molecule has 20 heavy (non-hydrogen) atoms. The van der Waals surface area contributed by atoms with Crippen LogP contribution < -0.4 is 14.8 Å². The van der Waals surface area contributed by atoms with Crippen molar-refractivity contribution in [2.45, 2.75) is 46.6 Å². The second-order valence-electron chi connectivity index (χ2n) is 5.67. The lowest BCUT2D eigenvalue weighted by Crippen LogP contribution is -2.14. The highest BCUT2D eigenvalue weighted by Crippen LogP contribution is 2.38. The van der Waals surface area contributed by atoms with Gasteiger partial charge in [-0.1, -0.05) is 13.8 Å². The maximum atomic E-state index is 11.9. The highest BCUT2D eigenvalue weighted by molar-refractivity contribution is 5.92. The van der Waals surface area contributed by atoms with Gasteiger partial charge >= 0.3 is 0 Å². The summed E-state index contributed by atoms with van der Waals surface area (Å²) in [7, 11) is 0. The number of benzene rings is 1. The molecule has 0 fully saturated rings. The van der Waals surface area contributed by atoms with Gasteiger partial charge in [0.2, 0.25) is 5.91 Å². The van der Waals surface area contributed by atoms with Gasteiger partial charge in [-0.25, -0.2) is 0 Å². The maximum absolute atomic E-state index is 11.9. The Labute approximate surface area is 120 Å². The fraction of sp³-hybridized carbons (Fsp3) is 0.562. The molecule has 0 aromatic heterocycles. The van der Waals surface area contributed by atoms with Gasteiger partial charge in [-0.2, -0.15) is 0 Å². The minimum atomic E-state index is 0.00643. The molecule has 0 bridgehead atoms. The number of hydrogen-bond donors (Lipinski definition) is 1. The van der Waals surface area contributed by atoms with Crippen molar-refractivity contribution in [3.05, 3.63) is 17.7 Å². The summed E-state index contributed by atoms with van der Waals surface area (Å²) in [4.78, 5) is 11.9. The van der Waals surface area contributed by atoms with Gasteiger partial charge < -0.3 is 14.8 Å². The summed E-state index contributed by atoms with van der Waals surface area (Å²) in [5.41, 5.74) is 1.84. The average Bonchev–Trinajstić information content (AvgIpc) is 2.68. The van der Waals surface area contributed by atoms with E-state index in [1.165, 1.54) is 0 Å². The number of amides is 1. The second-order valence-corrected chi connectivity index (χ2v) is 5.67. The van der Waals surface area contributed by atoms with E-state index in [-0.39, 0.29) is 12.0 Å². The fourth-order valence-corrected chi connectivity index (χ4v) is 2.38. The van der Waals surface area contributed by atoms with Crippen molar-refractivity contribution in [3.63, 3.8) is 0 Å². The Morgan fingerprint density at radius 2 is 2.25 bits per heavy atom. The van der Waals surface area contributed by atoms with Crippen molar-refractivity contribution in [3.8, 4) is 11.5 Å². The number of anilines is 1. The molecule has 1 N–H and O–H groups in total. The predicted molar refractivity (Wildman–Crippen MR) is 79.5 cm³/mol. The SMILES string of the molecule is CCOc1cc2c(cc1NC(=O)CC(C)C)OC(C)C2. The van der Waals surface area contributed by atoms with Crippen LogP contribution in [0, 0.1) is 5.92 Å². The van der Waals surface area contributed by atoms with E-state index in [9.17, 15) is 4.79 Å². The first kappa shape index (κ1) is 14.7. The lowest BCUT2D eigenvalue weighted by Gasteiger charge is -2.14. The monoisotopic (exact) mass is 277 g/mol. The molecule has 1 atom stereocenters. The number of carbonyl (C=O) groups is 1. The molecule has 0 aliphatic carbocycles. The summed E-state index contributed by atoms with van der Waals surface area (Å²) < 4.78 is 11.4. The summed E-state index contributed by atoms with van der Waals surface area (Å²) in [6, 6.07) is 3.86. The molecule has 0 saturated carbocycles. The summed E-state index contributed by atoms with van der Waals surface area (Å²) in [5.74, 6) is 1.91. The number of rotatable bonds is 5. The van der Waals surface area contributed by atoms with E-state index in [1.54, 1.807) is 0 Å². The quantitative estimate of drug-likeness (QED) is 0.897. The van der Waals surface area contributed by atoms with E-state index < -0.39 is 0 Å². The zero-order chi connectivity index (χ0) is 14.7. The first-order chi connectivity index (χ1) is 9.49. The van der Waals surface area contributed by atoms with Gasteiger partial charge in [0.1, 0.15) is 17.6 Å². The van der Waals surface area contributed by atoms with E-state index in [2.05, 4.69) is 5.32 Å². The van der Waals surface area contributed by atoms with Crippen LogP contribution in [0.3, 0.4) is 0 Å². The molecule has 110 valence electrons. The van der Waals surface area contributed by atoms with E-state index in [0.717, 1.165) is 23.5 Å². The van der Waals surface area contributed by atoms with E-state index >= 15 is 0 Å². The number of ether oxygens (including phenoxy) is 2. The molecule has 1 aliphatic heterocycles. The van der Waals surface area contributed by atoms with Gasteiger partial charge in [-0.15, -0.1) is 0 Å². The van der Waals surface area contributed by atoms with Crippen molar-refractivity contribution in [2.24, 2.45) is 5.92 Å².